The van der Waals surface area contributed by atoms with E-state index in [1.54, 1.807) is 39.2 Å². The first kappa shape index (κ1) is 30.6. The van der Waals surface area contributed by atoms with Gasteiger partial charge in [-0.2, -0.15) is 0 Å². The number of fused-ring (bicyclic) bond motifs is 2. The number of rotatable bonds is 10. The van der Waals surface area contributed by atoms with Crippen LogP contribution in [0.4, 0.5) is 0 Å². The van der Waals surface area contributed by atoms with Crippen LogP contribution >= 0.6 is 11.3 Å². The molecule has 1 atom stereocenters. The number of ether oxygens (including phenoxy) is 5. The molecule has 0 saturated carbocycles. The maximum atomic E-state index is 14.2. The van der Waals surface area contributed by atoms with Crippen molar-refractivity contribution in [3.63, 3.8) is 0 Å². The molecule has 3 aromatic carbocycles. The zero-order chi connectivity index (χ0) is 31.4. The molecule has 11 heteroatoms. The molecule has 0 fully saturated rings. The second kappa shape index (κ2) is 13.2. The van der Waals surface area contributed by atoms with E-state index in [9.17, 15) is 14.4 Å². The predicted octanol–water partition coefficient (Wildman–Crippen LogP) is 3.91. The minimum atomic E-state index is -0.853. The highest BCUT2D eigenvalue weighted by Crippen LogP contribution is 2.36. The molecule has 1 aromatic heterocycles. The summed E-state index contributed by atoms with van der Waals surface area (Å²) in [6.07, 6.45) is 1.83. The van der Waals surface area contributed by atoms with E-state index in [-0.39, 0.29) is 24.3 Å². The van der Waals surface area contributed by atoms with E-state index in [1.807, 2.05) is 49.4 Å². The van der Waals surface area contributed by atoms with Crippen LogP contribution in [-0.4, -0.2) is 50.5 Å². The molecule has 1 aliphatic heterocycles. The van der Waals surface area contributed by atoms with Crippen molar-refractivity contribution in [1.82, 2.24) is 4.57 Å². The van der Waals surface area contributed by atoms with Crippen molar-refractivity contribution in [3.8, 4) is 17.2 Å². The highest BCUT2D eigenvalue weighted by Gasteiger charge is 2.34. The van der Waals surface area contributed by atoms with Crippen LogP contribution < -0.4 is 29.1 Å². The van der Waals surface area contributed by atoms with Gasteiger partial charge < -0.3 is 23.7 Å². The summed E-state index contributed by atoms with van der Waals surface area (Å²) in [6.45, 7) is 5.43. The third kappa shape index (κ3) is 5.83. The molecule has 0 amide bonds. The van der Waals surface area contributed by atoms with Crippen LogP contribution in [0, 0.1) is 0 Å². The molecule has 0 spiro atoms. The number of nitrogens with zero attached hydrogens (tertiary/aromatic N) is 2. The van der Waals surface area contributed by atoms with Gasteiger partial charge in [0.2, 0.25) is 0 Å². The van der Waals surface area contributed by atoms with Crippen LogP contribution in [0.1, 0.15) is 37.9 Å². The number of aromatic nitrogens is 1. The fourth-order valence-electron chi connectivity index (χ4n) is 5.12. The molecular weight excluding hydrogens is 584 g/mol. The van der Waals surface area contributed by atoms with Crippen molar-refractivity contribution in [2.45, 2.75) is 26.8 Å². The smallest absolute Gasteiger partial charge is 0.343 e. The molecule has 0 bridgehead atoms. The molecular formula is C33H32N2O8S. The largest absolute Gasteiger partial charge is 0.496 e. The number of hydrogen-bond acceptors (Lipinski definition) is 10. The van der Waals surface area contributed by atoms with Gasteiger partial charge in [-0.15, -0.1) is 0 Å². The van der Waals surface area contributed by atoms with Crippen LogP contribution in [0.2, 0.25) is 0 Å². The van der Waals surface area contributed by atoms with Crippen molar-refractivity contribution in [2.24, 2.45) is 4.99 Å². The van der Waals surface area contributed by atoms with Crippen LogP contribution in [0.5, 0.6) is 17.2 Å². The number of hydrogen-bond donors (Lipinski definition) is 0. The Bertz CT molecular complexity index is 1960. The lowest BCUT2D eigenvalue weighted by molar-refractivity contribution is -0.143. The van der Waals surface area contributed by atoms with Gasteiger partial charge in [-0.25, -0.2) is 14.6 Å². The third-order valence-corrected chi connectivity index (χ3v) is 8.08. The standard InChI is InChI=1S/C33H32N2O8S/c1-6-41-26-16-21(13-15-25(26)43-18-28(36)40-5)30-29(32(38)42-7-2)19(3)34-33-35(30)31(37)27(44-33)17-20-12-14-24(39-4)23-11-9-8-10-22(20)23/h8-17,30H,6-7,18H2,1-5H3/b27-17-/t30-/m1/s1. The SMILES string of the molecule is CCOC(=O)C1=C(C)N=c2s/c(=C\c3ccc(OC)c4ccccc34)c(=O)n2[C@@H]1c1ccc(OCC(=O)OC)c(OCC)c1. The van der Waals surface area contributed by atoms with E-state index >= 15 is 0 Å². The minimum absolute atomic E-state index is 0.155. The van der Waals surface area contributed by atoms with Gasteiger partial charge in [-0.1, -0.05) is 47.7 Å². The number of allylic oxidation sites excluding steroid dienone is 1. The van der Waals surface area contributed by atoms with Gasteiger partial charge in [0.15, 0.2) is 22.9 Å². The summed E-state index contributed by atoms with van der Waals surface area (Å²) >= 11 is 1.24. The van der Waals surface area contributed by atoms with Crippen molar-refractivity contribution in [1.29, 1.82) is 0 Å². The van der Waals surface area contributed by atoms with Crippen LogP contribution in [0.3, 0.4) is 0 Å². The summed E-state index contributed by atoms with van der Waals surface area (Å²) in [5.41, 5.74) is 1.80. The molecule has 10 nitrogen and oxygen atoms in total. The Labute approximate surface area is 257 Å². The highest BCUT2D eigenvalue weighted by atomic mass is 32.1. The second-order valence-corrected chi connectivity index (χ2v) is 10.7. The number of esters is 2. The molecule has 228 valence electrons. The molecule has 44 heavy (non-hydrogen) atoms. The van der Waals surface area contributed by atoms with Crippen molar-refractivity contribution in [2.75, 3.05) is 34.0 Å². The van der Waals surface area contributed by atoms with Gasteiger partial charge in [-0.3, -0.25) is 9.36 Å². The molecule has 0 unspecified atom stereocenters. The normalized spacial score (nSPS) is 14.6. The number of carbonyl (C=O) groups excluding carboxylic acids is 2. The van der Waals surface area contributed by atoms with Gasteiger partial charge in [0.05, 0.1) is 49.3 Å². The van der Waals surface area contributed by atoms with E-state index in [4.69, 9.17) is 18.9 Å². The van der Waals surface area contributed by atoms with E-state index in [0.717, 1.165) is 22.1 Å². The van der Waals surface area contributed by atoms with Gasteiger partial charge in [-0.05, 0) is 61.6 Å². The van der Waals surface area contributed by atoms with Gasteiger partial charge >= 0.3 is 11.9 Å². The van der Waals surface area contributed by atoms with Crippen molar-refractivity contribution in [3.05, 3.63) is 96.7 Å². The summed E-state index contributed by atoms with van der Waals surface area (Å²) < 4.78 is 29.1. The van der Waals surface area contributed by atoms with Gasteiger partial charge in [0, 0.05) is 5.39 Å². The molecule has 0 radical (unpaired) electrons. The topological polar surface area (TPSA) is 115 Å². The van der Waals surface area contributed by atoms with Crippen LogP contribution in [0.15, 0.2) is 75.7 Å². The summed E-state index contributed by atoms with van der Waals surface area (Å²) in [7, 11) is 2.90. The molecule has 5 rings (SSSR count). The molecule has 2 heterocycles. The summed E-state index contributed by atoms with van der Waals surface area (Å²) in [6, 6.07) is 15.8. The monoisotopic (exact) mass is 616 g/mol. The fraction of sp³-hybridized carbons (Fsp3) is 0.273. The summed E-state index contributed by atoms with van der Waals surface area (Å²) in [4.78, 5) is 44.3. The third-order valence-electron chi connectivity index (χ3n) is 7.10. The lowest BCUT2D eigenvalue weighted by Crippen LogP contribution is -2.40. The lowest BCUT2D eigenvalue weighted by atomic mass is 9.95. The van der Waals surface area contributed by atoms with Crippen molar-refractivity contribution < 1.29 is 33.3 Å². The Balaban J connectivity index is 1.70. The van der Waals surface area contributed by atoms with Gasteiger partial charge in [0.1, 0.15) is 5.75 Å². The van der Waals surface area contributed by atoms with E-state index in [2.05, 4.69) is 9.73 Å². The van der Waals surface area contributed by atoms with E-state index in [0.29, 0.717) is 38.7 Å². The predicted molar refractivity (Wildman–Crippen MR) is 166 cm³/mol. The number of carbonyl (C=O) groups is 2. The van der Waals surface area contributed by atoms with Crippen LogP contribution in [-0.2, 0) is 19.1 Å². The van der Waals surface area contributed by atoms with Gasteiger partial charge in [0.25, 0.3) is 5.56 Å². The fourth-order valence-corrected chi connectivity index (χ4v) is 6.16. The first-order chi connectivity index (χ1) is 21.3. The Morgan fingerprint density at radius 2 is 1.70 bits per heavy atom. The first-order valence-electron chi connectivity index (χ1n) is 14.0. The van der Waals surface area contributed by atoms with E-state index in [1.165, 1.54) is 23.0 Å². The lowest BCUT2D eigenvalue weighted by Gasteiger charge is -2.25. The molecule has 0 N–H and O–H groups in total. The average molecular weight is 617 g/mol. The maximum Gasteiger partial charge on any atom is 0.343 e. The summed E-state index contributed by atoms with van der Waals surface area (Å²) in [5, 5.41) is 1.86. The number of methoxy groups -OCH3 is 2. The van der Waals surface area contributed by atoms with Crippen LogP contribution in [0.25, 0.3) is 16.8 Å². The zero-order valence-electron chi connectivity index (χ0n) is 25.0. The Morgan fingerprint density at radius 1 is 0.955 bits per heavy atom. The zero-order valence-corrected chi connectivity index (χ0v) is 25.9. The number of thiazole rings is 1. The molecule has 1 aliphatic rings. The second-order valence-electron chi connectivity index (χ2n) is 9.71. The summed E-state index contributed by atoms with van der Waals surface area (Å²) in [5.74, 6) is 0.282. The average Bonchev–Trinajstić information content (AvgIpc) is 3.33. The maximum absolute atomic E-state index is 14.2. The Kier molecular flexibility index (Phi) is 9.15. The van der Waals surface area contributed by atoms with Crippen molar-refractivity contribution >= 4 is 40.1 Å². The van der Waals surface area contributed by atoms with E-state index < -0.39 is 18.0 Å². The first-order valence-corrected chi connectivity index (χ1v) is 14.8. The molecule has 0 saturated heterocycles. The quantitative estimate of drug-likeness (QED) is 0.247. The Morgan fingerprint density at radius 3 is 2.41 bits per heavy atom. The molecule has 4 aromatic rings. The molecule has 0 aliphatic carbocycles. The highest BCUT2D eigenvalue weighted by molar-refractivity contribution is 7.07. The Hall–Kier alpha value is -4.90. The number of benzene rings is 3. The minimum Gasteiger partial charge on any atom is -0.496 e.